The predicted molar refractivity (Wildman–Crippen MR) is 78.0 cm³/mol. The van der Waals surface area contributed by atoms with Gasteiger partial charge in [0, 0.05) is 26.2 Å². The van der Waals surface area contributed by atoms with E-state index in [4.69, 9.17) is 4.74 Å². The molecule has 1 aliphatic heterocycles. The Kier molecular flexibility index (Phi) is 5.15. The number of rotatable bonds is 4. The first-order valence-electron chi connectivity index (χ1n) is 6.89. The molecule has 0 aliphatic carbocycles. The molecule has 0 bridgehead atoms. The van der Waals surface area contributed by atoms with Crippen molar-refractivity contribution in [3.05, 3.63) is 29.8 Å². The van der Waals surface area contributed by atoms with Gasteiger partial charge in [-0.25, -0.2) is 8.42 Å². The maximum atomic E-state index is 12.6. The first-order chi connectivity index (χ1) is 9.54. The maximum Gasteiger partial charge on any atom is 0.243 e. The highest BCUT2D eigenvalue weighted by atomic mass is 32.2. The van der Waals surface area contributed by atoms with E-state index < -0.39 is 10.0 Å². The van der Waals surface area contributed by atoms with Gasteiger partial charge in [0.25, 0.3) is 0 Å². The lowest BCUT2D eigenvalue weighted by molar-refractivity contribution is 0.0752. The van der Waals surface area contributed by atoms with Crippen LogP contribution in [0.15, 0.2) is 29.2 Å². The molecule has 0 radical (unpaired) electrons. The smallest absolute Gasteiger partial charge is 0.243 e. The van der Waals surface area contributed by atoms with Crippen molar-refractivity contribution in [1.29, 1.82) is 0 Å². The van der Waals surface area contributed by atoms with Crippen molar-refractivity contribution in [2.75, 3.05) is 26.7 Å². The summed E-state index contributed by atoms with van der Waals surface area (Å²) >= 11 is 0. The molecule has 20 heavy (non-hydrogen) atoms. The van der Waals surface area contributed by atoms with Crippen LogP contribution in [-0.2, 0) is 21.3 Å². The van der Waals surface area contributed by atoms with Crippen LogP contribution in [0.1, 0.15) is 18.9 Å². The molecular weight excluding hydrogens is 276 g/mol. The Hall–Kier alpha value is -0.950. The van der Waals surface area contributed by atoms with Gasteiger partial charge in [-0.1, -0.05) is 12.1 Å². The molecule has 1 atom stereocenters. The average molecular weight is 298 g/mol. The quantitative estimate of drug-likeness (QED) is 0.907. The zero-order valence-corrected chi connectivity index (χ0v) is 12.8. The van der Waals surface area contributed by atoms with Crippen molar-refractivity contribution in [2.45, 2.75) is 30.9 Å². The Morgan fingerprint density at radius 3 is 2.70 bits per heavy atom. The van der Waals surface area contributed by atoms with Crippen molar-refractivity contribution in [1.82, 2.24) is 9.62 Å². The van der Waals surface area contributed by atoms with E-state index in [2.05, 4.69) is 5.32 Å². The van der Waals surface area contributed by atoms with Gasteiger partial charge < -0.3 is 10.1 Å². The Balaban J connectivity index is 2.20. The fourth-order valence-corrected chi connectivity index (χ4v) is 3.86. The third-order valence-electron chi connectivity index (χ3n) is 3.36. The van der Waals surface area contributed by atoms with Crippen molar-refractivity contribution in [3.63, 3.8) is 0 Å². The minimum Gasteiger partial charge on any atom is -0.377 e. The molecule has 2 rings (SSSR count). The second-order valence-corrected chi connectivity index (χ2v) is 7.01. The molecule has 1 N–H and O–H groups in total. The summed E-state index contributed by atoms with van der Waals surface area (Å²) in [4.78, 5) is 0.353. The molecule has 6 heteroatoms. The lowest BCUT2D eigenvalue weighted by atomic mass is 10.2. The van der Waals surface area contributed by atoms with Crippen molar-refractivity contribution >= 4 is 10.0 Å². The largest absolute Gasteiger partial charge is 0.377 e. The van der Waals surface area contributed by atoms with E-state index in [1.54, 1.807) is 12.1 Å². The van der Waals surface area contributed by atoms with Gasteiger partial charge in [0.15, 0.2) is 0 Å². The van der Waals surface area contributed by atoms with Crippen LogP contribution in [0.25, 0.3) is 0 Å². The molecule has 0 amide bonds. The fraction of sp³-hybridized carbons (Fsp3) is 0.571. The summed E-state index contributed by atoms with van der Waals surface area (Å²) in [5.74, 6) is 0. The third kappa shape index (κ3) is 3.58. The molecule has 5 nitrogen and oxygen atoms in total. The number of ether oxygens (including phenoxy) is 1. The average Bonchev–Trinajstić information content (AvgIpc) is 2.65. The van der Waals surface area contributed by atoms with Crippen molar-refractivity contribution in [3.8, 4) is 0 Å². The van der Waals surface area contributed by atoms with E-state index in [-0.39, 0.29) is 6.10 Å². The Bertz CT molecular complexity index is 528. The molecular formula is C14H22N2O3S. The van der Waals surface area contributed by atoms with E-state index >= 15 is 0 Å². The van der Waals surface area contributed by atoms with Gasteiger partial charge in [-0.15, -0.1) is 0 Å². The summed E-state index contributed by atoms with van der Waals surface area (Å²) in [6, 6.07) is 7.05. The standard InChI is InChI=1S/C14H22N2O3S/c1-12-11-16(8-3-9-19-12)20(17,18)14-6-4-13(5-7-14)10-15-2/h4-7,12,15H,3,8-11H2,1-2H3. The highest BCUT2D eigenvalue weighted by Gasteiger charge is 2.27. The molecule has 0 aromatic heterocycles. The van der Waals surface area contributed by atoms with Crippen LogP contribution >= 0.6 is 0 Å². The topological polar surface area (TPSA) is 58.6 Å². The highest BCUT2D eigenvalue weighted by Crippen LogP contribution is 2.19. The van der Waals surface area contributed by atoms with E-state index in [0.717, 1.165) is 18.5 Å². The number of benzene rings is 1. The van der Waals surface area contributed by atoms with Gasteiger partial charge in [-0.2, -0.15) is 4.31 Å². The molecule has 1 aliphatic rings. The van der Waals surface area contributed by atoms with Crippen LogP contribution in [0.5, 0.6) is 0 Å². The molecule has 1 unspecified atom stereocenters. The normalized spacial score (nSPS) is 21.6. The van der Waals surface area contributed by atoms with Crippen LogP contribution in [-0.4, -0.2) is 45.6 Å². The third-order valence-corrected chi connectivity index (χ3v) is 5.24. The Morgan fingerprint density at radius 2 is 2.05 bits per heavy atom. The summed E-state index contributed by atoms with van der Waals surface area (Å²) in [6.45, 7) is 4.19. The van der Waals surface area contributed by atoms with Crippen LogP contribution in [0.4, 0.5) is 0 Å². The Morgan fingerprint density at radius 1 is 1.35 bits per heavy atom. The summed E-state index contributed by atoms with van der Waals surface area (Å²) in [6.07, 6.45) is 0.678. The monoisotopic (exact) mass is 298 g/mol. The summed E-state index contributed by atoms with van der Waals surface area (Å²) in [5, 5.41) is 3.04. The van der Waals surface area contributed by atoms with Crippen LogP contribution < -0.4 is 5.32 Å². The first kappa shape index (κ1) is 15.4. The minimum atomic E-state index is -3.42. The molecule has 1 saturated heterocycles. The number of hydrogen-bond acceptors (Lipinski definition) is 4. The summed E-state index contributed by atoms with van der Waals surface area (Å²) in [7, 11) is -1.55. The van der Waals surface area contributed by atoms with Crippen molar-refractivity contribution in [2.24, 2.45) is 0 Å². The molecule has 112 valence electrons. The second-order valence-electron chi connectivity index (χ2n) is 5.07. The van der Waals surface area contributed by atoms with Gasteiger partial charge in [-0.05, 0) is 38.1 Å². The SMILES string of the molecule is CNCc1ccc(S(=O)(=O)N2CCCOC(C)C2)cc1. The molecule has 0 saturated carbocycles. The second kappa shape index (κ2) is 6.67. The lowest BCUT2D eigenvalue weighted by Crippen LogP contribution is -2.35. The van der Waals surface area contributed by atoms with E-state index in [1.807, 2.05) is 26.1 Å². The fourth-order valence-electron chi connectivity index (χ4n) is 2.31. The zero-order chi connectivity index (χ0) is 14.6. The minimum absolute atomic E-state index is 0.0594. The van der Waals surface area contributed by atoms with Gasteiger partial charge in [-0.3, -0.25) is 0 Å². The zero-order valence-electron chi connectivity index (χ0n) is 12.0. The number of nitrogens with zero attached hydrogens (tertiary/aromatic N) is 1. The van der Waals surface area contributed by atoms with E-state index in [9.17, 15) is 8.42 Å². The molecule has 1 fully saturated rings. The van der Waals surface area contributed by atoms with Crippen LogP contribution in [0.3, 0.4) is 0 Å². The van der Waals surface area contributed by atoms with Gasteiger partial charge >= 0.3 is 0 Å². The molecule has 1 heterocycles. The highest BCUT2D eigenvalue weighted by molar-refractivity contribution is 7.89. The Labute approximate surface area is 121 Å². The first-order valence-corrected chi connectivity index (χ1v) is 8.33. The van der Waals surface area contributed by atoms with Gasteiger partial charge in [0.2, 0.25) is 10.0 Å². The molecule has 1 aromatic rings. The summed E-state index contributed by atoms with van der Waals surface area (Å²) < 4.78 is 32.2. The summed E-state index contributed by atoms with van der Waals surface area (Å²) in [5.41, 5.74) is 1.07. The van der Waals surface area contributed by atoms with E-state index in [0.29, 0.717) is 24.6 Å². The molecule has 0 spiro atoms. The van der Waals surface area contributed by atoms with E-state index in [1.165, 1.54) is 4.31 Å². The lowest BCUT2D eigenvalue weighted by Gasteiger charge is -2.21. The number of sulfonamides is 1. The van der Waals surface area contributed by atoms with Crippen LogP contribution in [0.2, 0.25) is 0 Å². The number of nitrogens with one attached hydrogen (secondary N) is 1. The molecule has 1 aromatic carbocycles. The predicted octanol–water partition coefficient (Wildman–Crippen LogP) is 1.21. The van der Waals surface area contributed by atoms with Gasteiger partial charge in [0.05, 0.1) is 11.0 Å². The van der Waals surface area contributed by atoms with Crippen LogP contribution in [0, 0.1) is 0 Å². The van der Waals surface area contributed by atoms with Crippen molar-refractivity contribution < 1.29 is 13.2 Å². The number of hydrogen-bond donors (Lipinski definition) is 1. The maximum absolute atomic E-state index is 12.6. The van der Waals surface area contributed by atoms with Gasteiger partial charge in [0.1, 0.15) is 0 Å².